The lowest BCUT2D eigenvalue weighted by Crippen LogP contribution is -2.07. The fraction of sp³-hybridized carbons (Fsp3) is 0.222. The molecule has 0 aromatic heterocycles. The molecule has 0 aliphatic heterocycles. The second-order valence-corrected chi connectivity index (χ2v) is 3.67. The van der Waals surface area contributed by atoms with E-state index < -0.39 is 11.8 Å². The van der Waals surface area contributed by atoms with Crippen molar-refractivity contribution in [3.8, 4) is 0 Å². The molecule has 0 amide bonds. The van der Waals surface area contributed by atoms with Crippen LogP contribution in [-0.4, -0.2) is 12.6 Å². The fourth-order valence-corrected chi connectivity index (χ4v) is 1.77. The van der Waals surface area contributed by atoms with Crippen LogP contribution in [0.1, 0.15) is 17.3 Å². The van der Waals surface area contributed by atoms with Gasteiger partial charge in [0.05, 0.1) is 17.2 Å². The minimum Gasteiger partial charge on any atom is -0.462 e. The van der Waals surface area contributed by atoms with E-state index in [1.165, 1.54) is 12.1 Å². The van der Waals surface area contributed by atoms with Crippen LogP contribution in [0.2, 0.25) is 5.02 Å². The first-order valence-electron chi connectivity index (χ1n) is 3.88. The monoisotopic (exact) mass is 280 g/mol. The van der Waals surface area contributed by atoms with Crippen LogP contribution in [0.4, 0.5) is 4.39 Å². The molecule has 0 fully saturated rings. The van der Waals surface area contributed by atoms with Gasteiger partial charge in [-0.1, -0.05) is 11.6 Å². The summed E-state index contributed by atoms with van der Waals surface area (Å²) in [4.78, 5) is 11.3. The molecule has 0 N–H and O–H groups in total. The minimum absolute atomic E-state index is 0.0218. The lowest BCUT2D eigenvalue weighted by Gasteiger charge is -2.06. The highest BCUT2D eigenvalue weighted by molar-refractivity contribution is 9.10. The van der Waals surface area contributed by atoms with Crippen molar-refractivity contribution in [3.63, 3.8) is 0 Å². The summed E-state index contributed by atoms with van der Waals surface area (Å²) in [6, 6.07) is 2.59. The van der Waals surface area contributed by atoms with Gasteiger partial charge in [-0.25, -0.2) is 9.18 Å². The van der Waals surface area contributed by atoms with Crippen molar-refractivity contribution in [2.45, 2.75) is 6.92 Å². The first-order chi connectivity index (χ1) is 6.57. The van der Waals surface area contributed by atoms with E-state index in [0.717, 1.165) is 0 Å². The van der Waals surface area contributed by atoms with Gasteiger partial charge in [0.15, 0.2) is 0 Å². The van der Waals surface area contributed by atoms with Crippen molar-refractivity contribution in [1.82, 2.24) is 0 Å². The average molecular weight is 282 g/mol. The Bertz CT molecular complexity index is 368. The van der Waals surface area contributed by atoms with E-state index in [0.29, 0.717) is 4.47 Å². The number of rotatable bonds is 2. The number of carbonyl (C=O) groups excluding carboxylic acids is 1. The summed E-state index contributed by atoms with van der Waals surface area (Å²) in [6.07, 6.45) is 0. The third kappa shape index (κ3) is 2.25. The number of esters is 1. The van der Waals surface area contributed by atoms with E-state index in [4.69, 9.17) is 16.3 Å². The van der Waals surface area contributed by atoms with Crippen molar-refractivity contribution in [3.05, 3.63) is 33.0 Å². The Kier molecular flexibility index (Phi) is 3.89. The zero-order valence-electron chi connectivity index (χ0n) is 7.31. The third-order valence-electron chi connectivity index (χ3n) is 1.52. The Morgan fingerprint density at radius 2 is 2.29 bits per heavy atom. The molecular weight excluding hydrogens is 274 g/mol. The van der Waals surface area contributed by atoms with E-state index in [9.17, 15) is 9.18 Å². The van der Waals surface area contributed by atoms with E-state index in [-0.39, 0.29) is 17.2 Å². The normalized spacial score (nSPS) is 10.0. The van der Waals surface area contributed by atoms with Crippen molar-refractivity contribution in [2.24, 2.45) is 0 Å². The number of benzene rings is 1. The molecule has 0 aliphatic carbocycles. The Hall–Kier alpha value is -0.610. The highest BCUT2D eigenvalue weighted by Crippen LogP contribution is 2.28. The number of halogens is 3. The van der Waals surface area contributed by atoms with Crippen LogP contribution in [0.25, 0.3) is 0 Å². The summed E-state index contributed by atoms with van der Waals surface area (Å²) in [5.41, 5.74) is 0.0218. The minimum atomic E-state index is -0.641. The first-order valence-corrected chi connectivity index (χ1v) is 5.05. The maximum atomic E-state index is 13.0. The van der Waals surface area contributed by atoms with Gasteiger partial charge in [-0.3, -0.25) is 0 Å². The highest BCUT2D eigenvalue weighted by Gasteiger charge is 2.18. The number of hydrogen-bond donors (Lipinski definition) is 0. The summed E-state index contributed by atoms with van der Waals surface area (Å²) < 4.78 is 18.1. The van der Waals surface area contributed by atoms with Crippen LogP contribution in [0.15, 0.2) is 16.6 Å². The standard InChI is InChI=1S/C9H7BrClFO2/c1-2-14-9(13)7-5(10)3-4-6(12)8(7)11/h3-4H,2H2,1H3. The maximum absolute atomic E-state index is 13.0. The average Bonchev–Trinajstić information content (AvgIpc) is 2.13. The van der Waals surface area contributed by atoms with Crippen molar-refractivity contribution >= 4 is 33.5 Å². The maximum Gasteiger partial charge on any atom is 0.340 e. The Morgan fingerprint density at radius 3 is 2.86 bits per heavy atom. The fourth-order valence-electron chi connectivity index (χ4n) is 0.917. The van der Waals surface area contributed by atoms with E-state index in [2.05, 4.69) is 15.9 Å². The highest BCUT2D eigenvalue weighted by atomic mass is 79.9. The van der Waals surface area contributed by atoms with Gasteiger partial charge >= 0.3 is 5.97 Å². The summed E-state index contributed by atoms with van der Waals surface area (Å²) in [7, 11) is 0. The zero-order valence-corrected chi connectivity index (χ0v) is 9.65. The van der Waals surface area contributed by atoms with Crippen LogP contribution < -0.4 is 0 Å². The Morgan fingerprint density at radius 1 is 1.64 bits per heavy atom. The molecule has 0 saturated carbocycles. The van der Waals surface area contributed by atoms with Crippen LogP contribution in [0.5, 0.6) is 0 Å². The van der Waals surface area contributed by atoms with Crippen molar-refractivity contribution in [2.75, 3.05) is 6.61 Å². The molecule has 1 rings (SSSR count). The molecule has 76 valence electrons. The number of hydrogen-bond acceptors (Lipinski definition) is 2. The molecule has 0 radical (unpaired) electrons. The molecule has 0 atom stereocenters. The van der Waals surface area contributed by atoms with Gasteiger partial charge in [0.1, 0.15) is 5.82 Å². The quantitative estimate of drug-likeness (QED) is 0.613. The lowest BCUT2D eigenvalue weighted by atomic mass is 10.2. The molecule has 0 aliphatic rings. The molecule has 2 nitrogen and oxygen atoms in total. The molecule has 0 unspecified atom stereocenters. The SMILES string of the molecule is CCOC(=O)c1c(Br)ccc(F)c1Cl. The van der Waals surface area contributed by atoms with Gasteiger partial charge < -0.3 is 4.74 Å². The number of ether oxygens (including phenoxy) is 1. The summed E-state index contributed by atoms with van der Waals surface area (Å²) in [5.74, 6) is -1.28. The predicted molar refractivity (Wildman–Crippen MR) is 55.1 cm³/mol. The smallest absolute Gasteiger partial charge is 0.340 e. The van der Waals surface area contributed by atoms with Crippen LogP contribution in [0.3, 0.4) is 0 Å². The molecule has 0 heterocycles. The largest absolute Gasteiger partial charge is 0.462 e. The molecule has 5 heteroatoms. The second kappa shape index (κ2) is 4.75. The first kappa shape index (κ1) is 11.5. The molecule has 0 bridgehead atoms. The molecule has 0 saturated heterocycles. The topological polar surface area (TPSA) is 26.3 Å². The molecular formula is C9H7BrClFO2. The summed E-state index contributed by atoms with van der Waals surface area (Å²) in [6.45, 7) is 1.89. The third-order valence-corrected chi connectivity index (χ3v) is 2.55. The summed E-state index contributed by atoms with van der Waals surface area (Å²) >= 11 is 8.72. The van der Waals surface area contributed by atoms with Gasteiger partial charge in [-0.05, 0) is 35.0 Å². The van der Waals surface area contributed by atoms with Gasteiger partial charge in [0.25, 0.3) is 0 Å². The summed E-state index contributed by atoms with van der Waals surface area (Å²) in [5, 5.41) is -0.224. The van der Waals surface area contributed by atoms with E-state index >= 15 is 0 Å². The molecule has 1 aromatic rings. The molecule has 0 spiro atoms. The second-order valence-electron chi connectivity index (χ2n) is 2.44. The molecule has 14 heavy (non-hydrogen) atoms. The Balaban J connectivity index is 3.18. The van der Waals surface area contributed by atoms with E-state index in [1.807, 2.05) is 0 Å². The predicted octanol–water partition coefficient (Wildman–Crippen LogP) is 3.42. The van der Waals surface area contributed by atoms with Crippen LogP contribution in [-0.2, 0) is 4.74 Å². The van der Waals surface area contributed by atoms with Crippen molar-refractivity contribution in [1.29, 1.82) is 0 Å². The van der Waals surface area contributed by atoms with Gasteiger partial charge in [0.2, 0.25) is 0 Å². The Labute approximate surface area is 94.1 Å². The number of carbonyl (C=O) groups is 1. The zero-order chi connectivity index (χ0) is 10.7. The van der Waals surface area contributed by atoms with Gasteiger partial charge in [0, 0.05) is 4.47 Å². The van der Waals surface area contributed by atoms with Crippen LogP contribution in [0, 0.1) is 5.82 Å². The van der Waals surface area contributed by atoms with Crippen molar-refractivity contribution < 1.29 is 13.9 Å². The van der Waals surface area contributed by atoms with Crippen LogP contribution >= 0.6 is 27.5 Å². The lowest BCUT2D eigenvalue weighted by molar-refractivity contribution is 0.0525. The van der Waals surface area contributed by atoms with Gasteiger partial charge in [-0.15, -0.1) is 0 Å². The van der Waals surface area contributed by atoms with E-state index in [1.54, 1.807) is 6.92 Å². The van der Waals surface area contributed by atoms with Gasteiger partial charge in [-0.2, -0.15) is 0 Å². The molecule has 1 aromatic carbocycles.